The average molecular weight is 348 g/mol. The molecule has 1 unspecified atom stereocenters. The number of alkyl halides is 1. The topological polar surface area (TPSA) is 0 Å². The fraction of sp³-hybridized carbons (Fsp3) is 0.571. The van der Waals surface area contributed by atoms with Crippen LogP contribution in [-0.2, 0) is 0 Å². The Hall–Kier alpha value is 0.180. The van der Waals surface area contributed by atoms with Crippen LogP contribution in [0, 0.1) is 5.41 Å². The minimum absolute atomic E-state index is 0.418. The number of benzene rings is 1. The van der Waals surface area contributed by atoms with E-state index in [2.05, 4.69) is 76.9 Å². The SMILES string of the molecule is CC(C)(C)CCC(CBr)c1ccccc1Br. The van der Waals surface area contributed by atoms with Crippen LogP contribution in [0.4, 0.5) is 0 Å². The summed E-state index contributed by atoms with van der Waals surface area (Å²) >= 11 is 7.27. The summed E-state index contributed by atoms with van der Waals surface area (Å²) in [4.78, 5) is 0. The lowest BCUT2D eigenvalue weighted by atomic mass is 9.85. The monoisotopic (exact) mass is 346 g/mol. The van der Waals surface area contributed by atoms with E-state index in [1.54, 1.807) is 0 Å². The van der Waals surface area contributed by atoms with Crippen LogP contribution in [0.15, 0.2) is 28.7 Å². The van der Waals surface area contributed by atoms with Gasteiger partial charge in [0.05, 0.1) is 0 Å². The second-order valence-corrected chi connectivity index (χ2v) is 6.97. The summed E-state index contributed by atoms with van der Waals surface area (Å²) in [6.45, 7) is 6.91. The highest BCUT2D eigenvalue weighted by Gasteiger charge is 2.17. The van der Waals surface area contributed by atoms with E-state index in [0.717, 1.165) is 5.33 Å². The summed E-state index contributed by atoms with van der Waals surface area (Å²) in [5.74, 6) is 0.606. The molecule has 0 fully saturated rings. The van der Waals surface area contributed by atoms with E-state index in [0.29, 0.717) is 11.3 Å². The quantitative estimate of drug-likeness (QED) is 0.608. The van der Waals surface area contributed by atoms with Gasteiger partial charge in [0, 0.05) is 9.80 Å². The molecule has 0 amide bonds. The molecule has 1 aromatic rings. The van der Waals surface area contributed by atoms with Gasteiger partial charge in [0.2, 0.25) is 0 Å². The first-order valence-corrected chi connectivity index (χ1v) is 7.66. The lowest BCUT2D eigenvalue weighted by molar-refractivity contribution is 0.354. The number of rotatable bonds is 4. The predicted molar refractivity (Wildman–Crippen MR) is 79.4 cm³/mol. The van der Waals surface area contributed by atoms with E-state index in [4.69, 9.17) is 0 Å². The largest absolute Gasteiger partial charge is 0.0921 e. The lowest BCUT2D eigenvalue weighted by Crippen LogP contribution is -2.09. The van der Waals surface area contributed by atoms with Gasteiger partial charge in [-0.05, 0) is 35.8 Å². The van der Waals surface area contributed by atoms with Crippen LogP contribution in [-0.4, -0.2) is 5.33 Å². The zero-order valence-electron chi connectivity index (χ0n) is 10.3. The van der Waals surface area contributed by atoms with Gasteiger partial charge >= 0.3 is 0 Å². The van der Waals surface area contributed by atoms with E-state index in [1.165, 1.54) is 22.9 Å². The molecule has 0 aliphatic heterocycles. The van der Waals surface area contributed by atoms with E-state index < -0.39 is 0 Å². The van der Waals surface area contributed by atoms with Crippen molar-refractivity contribution >= 4 is 31.9 Å². The van der Waals surface area contributed by atoms with Crippen LogP contribution in [0.2, 0.25) is 0 Å². The highest BCUT2D eigenvalue weighted by atomic mass is 79.9. The normalized spacial score (nSPS) is 13.8. The van der Waals surface area contributed by atoms with Gasteiger partial charge in [-0.25, -0.2) is 0 Å². The zero-order valence-corrected chi connectivity index (χ0v) is 13.4. The predicted octanol–water partition coefficient (Wildman–Crippen LogP) is 5.75. The molecule has 0 nitrogen and oxygen atoms in total. The highest BCUT2D eigenvalue weighted by molar-refractivity contribution is 9.10. The lowest BCUT2D eigenvalue weighted by Gasteiger charge is -2.23. The van der Waals surface area contributed by atoms with Crippen LogP contribution in [0.1, 0.15) is 45.1 Å². The summed E-state index contributed by atoms with van der Waals surface area (Å²) in [6, 6.07) is 8.54. The summed E-state index contributed by atoms with van der Waals surface area (Å²) in [6.07, 6.45) is 2.49. The highest BCUT2D eigenvalue weighted by Crippen LogP contribution is 2.33. The third kappa shape index (κ3) is 4.58. The molecule has 1 atom stereocenters. The van der Waals surface area contributed by atoms with E-state index >= 15 is 0 Å². The van der Waals surface area contributed by atoms with Crippen LogP contribution in [0.5, 0.6) is 0 Å². The molecular weight excluding hydrogens is 328 g/mol. The average Bonchev–Trinajstić information content (AvgIpc) is 2.20. The van der Waals surface area contributed by atoms with Crippen molar-refractivity contribution in [1.29, 1.82) is 0 Å². The summed E-state index contributed by atoms with van der Waals surface area (Å²) < 4.78 is 1.23. The van der Waals surface area contributed by atoms with Crippen molar-refractivity contribution < 1.29 is 0 Å². The van der Waals surface area contributed by atoms with Gasteiger partial charge in [-0.3, -0.25) is 0 Å². The Balaban J connectivity index is 2.72. The molecule has 0 aliphatic rings. The van der Waals surface area contributed by atoms with Gasteiger partial charge in [-0.2, -0.15) is 0 Å². The molecule has 1 aromatic carbocycles. The molecule has 0 radical (unpaired) electrons. The smallest absolute Gasteiger partial charge is 0.0210 e. The number of hydrogen-bond donors (Lipinski definition) is 0. The van der Waals surface area contributed by atoms with Crippen molar-refractivity contribution in [3.63, 3.8) is 0 Å². The Morgan fingerprint density at radius 1 is 1.19 bits per heavy atom. The van der Waals surface area contributed by atoms with Crippen LogP contribution in [0.25, 0.3) is 0 Å². The standard InChI is InChI=1S/C14H20Br2/c1-14(2,3)9-8-11(10-15)12-6-4-5-7-13(12)16/h4-7,11H,8-10H2,1-3H3. The Morgan fingerprint density at radius 2 is 1.81 bits per heavy atom. The molecule has 1 rings (SSSR count). The molecular formula is C14H20Br2. The van der Waals surface area contributed by atoms with Crippen molar-refractivity contribution in [3.05, 3.63) is 34.3 Å². The minimum Gasteiger partial charge on any atom is -0.0921 e. The first kappa shape index (κ1) is 14.2. The van der Waals surface area contributed by atoms with E-state index in [-0.39, 0.29) is 0 Å². The number of halogens is 2. The maximum atomic E-state index is 3.64. The maximum Gasteiger partial charge on any atom is 0.0210 e. The van der Waals surface area contributed by atoms with Gasteiger partial charge in [0.1, 0.15) is 0 Å². The molecule has 0 heterocycles. The van der Waals surface area contributed by atoms with Gasteiger partial charge in [-0.15, -0.1) is 0 Å². The summed E-state index contributed by atoms with van der Waals surface area (Å²) in [5.41, 5.74) is 1.84. The van der Waals surface area contributed by atoms with Crippen molar-refractivity contribution in [2.24, 2.45) is 5.41 Å². The molecule has 0 bridgehead atoms. The van der Waals surface area contributed by atoms with Crippen LogP contribution < -0.4 is 0 Å². The van der Waals surface area contributed by atoms with Crippen LogP contribution in [0.3, 0.4) is 0 Å². The van der Waals surface area contributed by atoms with Crippen molar-refractivity contribution in [2.75, 3.05) is 5.33 Å². The van der Waals surface area contributed by atoms with Gasteiger partial charge in [0.15, 0.2) is 0 Å². The van der Waals surface area contributed by atoms with Crippen molar-refractivity contribution in [3.8, 4) is 0 Å². The van der Waals surface area contributed by atoms with E-state index in [9.17, 15) is 0 Å². The fourth-order valence-electron chi connectivity index (χ4n) is 1.73. The maximum absolute atomic E-state index is 3.64. The Labute approximate surface area is 116 Å². The minimum atomic E-state index is 0.418. The first-order chi connectivity index (χ1) is 7.44. The van der Waals surface area contributed by atoms with Crippen LogP contribution >= 0.6 is 31.9 Å². The first-order valence-electron chi connectivity index (χ1n) is 5.74. The second-order valence-electron chi connectivity index (χ2n) is 5.47. The fourth-order valence-corrected chi connectivity index (χ4v) is 3.01. The van der Waals surface area contributed by atoms with Crippen molar-refractivity contribution in [1.82, 2.24) is 0 Å². The Morgan fingerprint density at radius 3 is 2.31 bits per heavy atom. The van der Waals surface area contributed by atoms with Gasteiger partial charge in [0.25, 0.3) is 0 Å². The third-order valence-corrected chi connectivity index (χ3v) is 4.28. The van der Waals surface area contributed by atoms with Gasteiger partial charge in [-0.1, -0.05) is 70.8 Å². The van der Waals surface area contributed by atoms with Crippen molar-refractivity contribution in [2.45, 2.75) is 39.5 Å². The molecule has 0 spiro atoms. The molecule has 2 heteroatoms. The second kappa shape index (κ2) is 6.20. The molecule has 0 saturated heterocycles. The zero-order chi connectivity index (χ0) is 12.2. The third-order valence-electron chi connectivity index (χ3n) is 2.77. The Kier molecular flexibility index (Phi) is 5.52. The molecule has 0 aromatic heterocycles. The summed E-state index contributed by atoms with van der Waals surface area (Å²) in [5, 5.41) is 1.03. The Bertz CT molecular complexity index is 326. The summed E-state index contributed by atoms with van der Waals surface area (Å²) in [7, 11) is 0. The molecule has 0 N–H and O–H groups in total. The molecule has 16 heavy (non-hydrogen) atoms. The van der Waals surface area contributed by atoms with E-state index in [1.807, 2.05) is 0 Å². The number of hydrogen-bond acceptors (Lipinski definition) is 0. The molecule has 90 valence electrons. The molecule has 0 aliphatic carbocycles. The van der Waals surface area contributed by atoms with Gasteiger partial charge < -0.3 is 0 Å². The molecule has 0 saturated carbocycles.